The molecule has 8 aliphatic heterocycles. The second-order valence-corrected chi connectivity index (χ2v) is 40.6. The lowest BCUT2D eigenvalue weighted by atomic mass is 9.89. The Labute approximate surface area is 846 Å². The van der Waals surface area contributed by atoms with E-state index >= 15 is 0 Å². The van der Waals surface area contributed by atoms with Crippen LogP contribution >= 0.6 is 34.8 Å². The number of aryl methyl sites for hydroxylation is 2. The summed E-state index contributed by atoms with van der Waals surface area (Å²) in [7, 11) is 0. The van der Waals surface area contributed by atoms with Gasteiger partial charge in [-0.25, -0.2) is 19.9 Å². The number of likely N-dealkylation sites (tertiary alicyclic amines) is 6. The predicted molar refractivity (Wildman–Crippen MR) is 541 cm³/mol. The Morgan fingerprint density at radius 2 is 0.816 bits per heavy atom. The van der Waals surface area contributed by atoms with Crippen molar-refractivity contribution < 1.29 is 71.1 Å². The van der Waals surface area contributed by atoms with E-state index in [1.165, 1.54) is 0 Å². The van der Waals surface area contributed by atoms with Crippen LogP contribution in [0.4, 0.5) is 13.2 Å². The molecule has 14 rings (SSSR count). The van der Waals surface area contributed by atoms with Crippen LogP contribution in [0.25, 0.3) is 0 Å². The Balaban J connectivity index is 0.000000190. The van der Waals surface area contributed by atoms with Gasteiger partial charge in [0.15, 0.2) is 0 Å². The van der Waals surface area contributed by atoms with Crippen molar-refractivity contribution in [3.63, 3.8) is 0 Å². The number of aromatic nitrogens is 7. The lowest BCUT2D eigenvalue weighted by Crippen LogP contribution is -2.59. The summed E-state index contributed by atoms with van der Waals surface area (Å²) in [5.74, 6) is -1.39. The number of carbonyl (C=O) groups is 6. The summed E-state index contributed by atoms with van der Waals surface area (Å²) in [5, 5.41) is 39.2. The second kappa shape index (κ2) is 58.2. The summed E-state index contributed by atoms with van der Waals surface area (Å²) >= 11 is 18.1. The zero-order valence-corrected chi connectivity index (χ0v) is 87.2. The summed E-state index contributed by atoms with van der Waals surface area (Å²) in [6.07, 6.45) is 8.87. The molecule has 0 saturated carbocycles. The van der Waals surface area contributed by atoms with Crippen LogP contribution in [0.2, 0.25) is 15.2 Å². The molecule has 0 spiro atoms. The number of morpholine rings is 2. The van der Waals surface area contributed by atoms with Gasteiger partial charge in [0, 0.05) is 233 Å². The second-order valence-electron chi connectivity index (χ2n) is 39.4. The van der Waals surface area contributed by atoms with Gasteiger partial charge in [0.05, 0.1) is 98.4 Å². The Morgan fingerprint density at radius 3 is 1.24 bits per heavy atom. The van der Waals surface area contributed by atoms with Gasteiger partial charge in [-0.2, -0.15) is 13.2 Å². The highest BCUT2D eigenvalue weighted by Gasteiger charge is 2.41. The minimum absolute atomic E-state index is 0.0319. The molecule has 0 bridgehead atoms. The first-order valence-electron chi connectivity index (χ1n) is 49.9. The van der Waals surface area contributed by atoms with E-state index in [2.05, 4.69) is 182 Å². The number of aliphatic hydroxyl groups excluding tert-OH is 2. The van der Waals surface area contributed by atoms with E-state index in [0.717, 1.165) is 187 Å². The van der Waals surface area contributed by atoms with Crippen LogP contribution < -0.4 is 37.6 Å². The highest BCUT2D eigenvalue weighted by molar-refractivity contribution is 6.34. The lowest BCUT2D eigenvalue weighted by Gasteiger charge is -2.41. The first-order chi connectivity index (χ1) is 67.1. The third kappa shape index (κ3) is 37.6. The van der Waals surface area contributed by atoms with Gasteiger partial charge in [-0.3, -0.25) is 68.2 Å². The van der Waals surface area contributed by atoms with Crippen LogP contribution in [0.3, 0.4) is 0 Å². The maximum atomic E-state index is 12.9. The van der Waals surface area contributed by atoms with E-state index in [1.807, 2.05) is 39.8 Å². The molecule has 10 atom stereocenters. The molecule has 0 aliphatic carbocycles. The van der Waals surface area contributed by atoms with E-state index in [-0.39, 0.29) is 94.5 Å². The van der Waals surface area contributed by atoms with E-state index in [0.29, 0.717) is 121 Å². The Bertz CT molecular complexity index is 4740. The normalized spacial score (nSPS) is 23.1. The number of nitrogens with zero attached hydrogens (tertiary/aromatic N) is 15. The molecule has 141 heavy (non-hydrogen) atoms. The van der Waals surface area contributed by atoms with Crippen LogP contribution in [-0.2, 0) is 25.1 Å². The van der Waals surface area contributed by atoms with Gasteiger partial charge in [0.1, 0.15) is 39.3 Å². The van der Waals surface area contributed by atoms with Crippen molar-refractivity contribution in [2.75, 3.05) is 171 Å². The predicted octanol–water partition coefficient (Wildman–Crippen LogP) is 9.51. The smallest absolute Gasteiger partial charge is 0.390 e. The largest absolute Gasteiger partial charge is 0.418 e. The molecule has 6 amide bonds. The molecule has 0 aromatic carbocycles. The number of ether oxygens (including phenoxy) is 4. The molecule has 14 heterocycles. The number of hydrogen-bond donors (Lipinski definition) is 9. The number of hydrogen-bond acceptors (Lipinski definition) is 28. The fourth-order valence-electron chi connectivity index (χ4n) is 18.1. The van der Waals surface area contributed by atoms with Crippen molar-refractivity contribution in [1.82, 2.24) is 106 Å². The van der Waals surface area contributed by atoms with Gasteiger partial charge in [-0.1, -0.05) is 46.9 Å². The number of pyridine rings is 5. The third-order valence-electron chi connectivity index (χ3n) is 27.2. The van der Waals surface area contributed by atoms with Gasteiger partial charge in [-0.15, -0.1) is 0 Å². The minimum Gasteiger partial charge on any atom is -0.390 e. The van der Waals surface area contributed by atoms with E-state index in [1.54, 1.807) is 73.4 Å². The molecule has 6 aromatic heterocycles. The van der Waals surface area contributed by atoms with E-state index in [9.17, 15) is 52.2 Å². The number of nitrogens with one attached hydrogen (secondary N) is 6. The molecule has 8 aliphatic rings. The number of rotatable bonds is 28. The van der Waals surface area contributed by atoms with Crippen LogP contribution in [-0.4, -0.2) is 381 Å². The summed E-state index contributed by atoms with van der Waals surface area (Å²) in [4.78, 5) is 121. The molecule has 782 valence electrons. The monoisotopic (exact) mass is 2030 g/mol. The van der Waals surface area contributed by atoms with Crippen molar-refractivity contribution in [3.05, 3.63) is 170 Å². The Hall–Kier alpha value is -8.29. The zero-order valence-electron chi connectivity index (χ0n) is 84.9. The van der Waals surface area contributed by atoms with Crippen molar-refractivity contribution in [2.24, 2.45) is 17.6 Å². The molecule has 10 unspecified atom stereocenters. The molecule has 34 nitrogen and oxygen atoms in total. The summed E-state index contributed by atoms with van der Waals surface area (Å²) in [6.45, 7) is 53.3. The first-order valence-corrected chi connectivity index (χ1v) is 51.0. The molecule has 40 heteroatoms. The van der Waals surface area contributed by atoms with Gasteiger partial charge in [-0.05, 0) is 209 Å². The molecule has 8 fully saturated rings. The summed E-state index contributed by atoms with van der Waals surface area (Å²) < 4.78 is 61.6. The fourth-order valence-corrected chi connectivity index (χ4v) is 18.7. The number of amides is 6. The SMILES string of the molecule is CC(C)N1CCC(NC(=O)c2cccc(Cl)n2)C(COCCN2CCOCC2)C1.CC(C)N1CCC(NC(=O)c2ncccc2C(F)(F)F)C(O)C1.CC(C)N1CCC(NC(=O)c2ncccc2Cl)C(COCCN2CCOCC2)C1.CC(C)N1CCC(NC(=O)c2ncccc2Cl)C(N)C1.Cc1cccnc1C(=O)NC1CCN(C(C)C)CC1O.Cc1nccnc1C(=O)NC1(C)CCN(C(C)C)CC1. The maximum Gasteiger partial charge on any atom is 0.418 e. The Kier molecular flexibility index (Phi) is 48.0. The number of nitrogens with two attached hydrogens (primary N) is 1. The quantitative estimate of drug-likeness (QED) is 0.0163. The van der Waals surface area contributed by atoms with E-state index in [4.69, 9.17) is 59.5 Å². The highest BCUT2D eigenvalue weighted by Crippen LogP contribution is 2.33. The van der Waals surface area contributed by atoms with Crippen LogP contribution in [0.15, 0.2) is 104 Å². The number of piperidine rings is 6. The van der Waals surface area contributed by atoms with Crippen LogP contribution in [0, 0.1) is 25.7 Å². The third-order valence-corrected chi connectivity index (χ3v) is 28.1. The number of β-amino-alcohol motifs (C(OH)–C–C–N with tert-alkyl or cyclic N) is 2. The molecule has 6 aromatic rings. The highest BCUT2D eigenvalue weighted by atomic mass is 35.5. The van der Waals surface area contributed by atoms with Crippen LogP contribution in [0.1, 0.15) is 215 Å². The number of halogens is 6. The summed E-state index contributed by atoms with van der Waals surface area (Å²) in [6, 6.07) is 19.4. The average molecular weight is 2030 g/mol. The maximum absolute atomic E-state index is 12.9. The first kappa shape index (κ1) is 116. The van der Waals surface area contributed by atoms with Crippen molar-refractivity contribution >= 4 is 70.2 Å². The standard InChI is InChI=1S/2C21H33ClN4O3.C15H20F3N3O2.C15H24N4O.C15H23N3O2.C14H21ClN4O/c1-16(2)26-7-5-19(24-21(27)20-18(22)4-3-6-23-20)17(14-26)15-29-13-10-25-8-11-28-12-9-25;1-16(2)26-7-6-18(24-21(27)19-4-3-5-20(22)23-19)17(14-26)15-29-13-10-25-8-11-28-12-9-25;1-9(2)21-7-5-11(12(22)8-21)20-14(23)13-10(15(16,17)18)4-3-6-19-13;1-11(2)19-9-5-15(4,6-10-19)18-14(20)13-12(3)16-7-8-17-13;1-10(2)18-8-6-12(13(19)9-18)17-15(20)14-11(3)5-4-7-16-14;1-9(2)19-7-5-12(11(16)8-19)18-14(20)13-10(15)4-3-6-17-13/h3-4,6,16-17,19H,5,7-15H2,1-2H3,(H,24,27);3-5,16-18H,6-15H2,1-2H3,(H,24,27);3-4,6,9,11-12,22H,5,7-8H2,1-2H3,(H,20,23);7-8,11H,5-6,9-10H2,1-4H3,(H,18,20);4-5,7,10,12-13,19H,6,8-9H2,1-3H3,(H,17,20);3-4,6,9,11-12H,5,7-8,16H2,1-2H3,(H,18,20). The van der Waals surface area contributed by atoms with Crippen molar-refractivity contribution in [1.29, 1.82) is 0 Å². The average Bonchev–Trinajstić information content (AvgIpc) is 0.816. The minimum atomic E-state index is -4.65. The number of alkyl halides is 3. The summed E-state index contributed by atoms with van der Waals surface area (Å²) in [5.41, 5.74) is 7.56. The molecular weight excluding hydrogens is 1880 g/mol. The molecule has 0 radical (unpaired) electrons. The van der Waals surface area contributed by atoms with Gasteiger partial charge in [0.2, 0.25) is 0 Å². The number of aliphatic hydroxyl groups is 2. The fraction of sp³-hybridized carbons (Fsp3) is 0.653. The van der Waals surface area contributed by atoms with Gasteiger partial charge < -0.3 is 81.5 Å². The number of carbonyl (C=O) groups excluding carboxylic acids is 6. The van der Waals surface area contributed by atoms with Gasteiger partial charge >= 0.3 is 6.18 Å². The van der Waals surface area contributed by atoms with Crippen molar-refractivity contribution in [3.8, 4) is 0 Å². The molecular formula is C101H154Cl3F3N22O12. The van der Waals surface area contributed by atoms with Gasteiger partial charge in [0.25, 0.3) is 35.4 Å². The zero-order chi connectivity index (χ0) is 103. The van der Waals surface area contributed by atoms with Crippen LogP contribution in [0.5, 0.6) is 0 Å². The molecule has 8 saturated heterocycles. The topological polar surface area (TPSA) is 394 Å². The molecule has 10 N–H and O–H groups in total. The lowest BCUT2D eigenvalue weighted by molar-refractivity contribution is -0.138. The Morgan fingerprint density at radius 1 is 0.440 bits per heavy atom. The van der Waals surface area contributed by atoms with E-state index < -0.39 is 41.6 Å². The van der Waals surface area contributed by atoms with Crippen molar-refractivity contribution in [2.45, 2.75) is 245 Å².